The molecule has 2 N–H and O–H groups in total. The summed E-state index contributed by atoms with van der Waals surface area (Å²) in [5.41, 5.74) is 1.59. The van der Waals surface area contributed by atoms with Gasteiger partial charge in [-0.05, 0) is 29.8 Å². The van der Waals surface area contributed by atoms with Gasteiger partial charge < -0.3 is 14.8 Å². The Morgan fingerprint density at radius 2 is 1.89 bits per heavy atom. The number of hydrogen-bond acceptors (Lipinski definition) is 6. The van der Waals surface area contributed by atoms with Gasteiger partial charge in [0.05, 0.1) is 14.2 Å². The Kier molecular flexibility index (Phi) is 6.10. The zero-order valence-electron chi connectivity index (χ0n) is 14.7. The van der Waals surface area contributed by atoms with E-state index in [0.717, 1.165) is 10.6 Å². The number of amides is 2. The third-order valence-electron chi connectivity index (χ3n) is 3.57. The summed E-state index contributed by atoms with van der Waals surface area (Å²) >= 11 is 7.29. The van der Waals surface area contributed by atoms with Crippen molar-refractivity contribution in [3.05, 3.63) is 58.1 Å². The maximum absolute atomic E-state index is 12.2. The van der Waals surface area contributed by atoms with Gasteiger partial charge in [0.2, 0.25) is 5.13 Å². The summed E-state index contributed by atoms with van der Waals surface area (Å²) in [5.74, 6) is 1.10. The average Bonchev–Trinajstić information content (AvgIpc) is 3.08. The number of halogens is 1. The van der Waals surface area contributed by atoms with Gasteiger partial charge in [-0.25, -0.2) is 4.79 Å². The van der Waals surface area contributed by atoms with Crippen molar-refractivity contribution in [2.45, 2.75) is 6.42 Å². The van der Waals surface area contributed by atoms with E-state index in [4.69, 9.17) is 21.1 Å². The number of rotatable bonds is 6. The topological polar surface area (TPSA) is 85.4 Å². The highest BCUT2D eigenvalue weighted by atomic mass is 35.5. The van der Waals surface area contributed by atoms with Crippen molar-refractivity contribution in [3.8, 4) is 11.5 Å². The molecule has 0 atom stereocenters. The minimum atomic E-state index is -0.423. The van der Waals surface area contributed by atoms with Crippen LogP contribution in [0.15, 0.2) is 42.5 Å². The van der Waals surface area contributed by atoms with Crippen LogP contribution in [-0.2, 0) is 6.42 Å². The van der Waals surface area contributed by atoms with Gasteiger partial charge in [0.1, 0.15) is 5.01 Å². The summed E-state index contributed by atoms with van der Waals surface area (Å²) < 4.78 is 10.4. The first kappa shape index (κ1) is 18.9. The predicted molar refractivity (Wildman–Crippen MR) is 106 cm³/mol. The van der Waals surface area contributed by atoms with Gasteiger partial charge in [0.25, 0.3) is 0 Å². The summed E-state index contributed by atoms with van der Waals surface area (Å²) in [5, 5.41) is 15.3. The zero-order valence-corrected chi connectivity index (χ0v) is 16.2. The highest BCUT2D eigenvalue weighted by Gasteiger charge is 2.11. The number of benzene rings is 2. The summed E-state index contributed by atoms with van der Waals surface area (Å²) in [4.78, 5) is 12.2. The van der Waals surface area contributed by atoms with Crippen LogP contribution in [0.5, 0.6) is 11.5 Å². The van der Waals surface area contributed by atoms with E-state index in [1.54, 1.807) is 25.3 Å². The molecule has 9 heteroatoms. The second kappa shape index (κ2) is 8.70. The Morgan fingerprint density at radius 3 is 2.63 bits per heavy atom. The van der Waals surface area contributed by atoms with Gasteiger partial charge in [0, 0.05) is 23.2 Å². The number of nitrogens with zero attached hydrogens (tertiary/aromatic N) is 2. The molecule has 0 fully saturated rings. The van der Waals surface area contributed by atoms with E-state index < -0.39 is 6.03 Å². The van der Waals surface area contributed by atoms with Gasteiger partial charge in [0.15, 0.2) is 11.5 Å². The maximum Gasteiger partial charge on any atom is 0.325 e. The van der Waals surface area contributed by atoms with Gasteiger partial charge in [-0.15, -0.1) is 10.2 Å². The summed E-state index contributed by atoms with van der Waals surface area (Å²) in [6.45, 7) is 0. The third-order valence-corrected chi connectivity index (χ3v) is 4.65. The molecule has 0 bridgehead atoms. The predicted octanol–water partition coefficient (Wildman–Crippen LogP) is 4.44. The maximum atomic E-state index is 12.2. The summed E-state index contributed by atoms with van der Waals surface area (Å²) in [6, 6.07) is 12.2. The Bertz CT molecular complexity index is 948. The molecular weight excluding hydrogens is 388 g/mol. The number of methoxy groups -OCH3 is 2. The molecule has 140 valence electrons. The van der Waals surface area contributed by atoms with E-state index in [-0.39, 0.29) is 0 Å². The smallest absolute Gasteiger partial charge is 0.325 e. The second-order valence-electron chi connectivity index (χ2n) is 5.46. The molecule has 0 radical (unpaired) electrons. The van der Waals surface area contributed by atoms with E-state index in [1.165, 1.54) is 18.4 Å². The van der Waals surface area contributed by atoms with E-state index in [0.29, 0.717) is 33.8 Å². The van der Waals surface area contributed by atoms with Crippen LogP contribution in [0.1, 0.15) is 10.6 Å². The Hall–Kier alpha value is -2.84. The molecule has 0 saturated carbocycles. The van der Waals surface area contributed by atoms with Crippen LogP contribution in [0.4, 0.5) is 15.6 Å². The molecule has 1 heterocycles. The van der Waals surface area contributed by atoms with Gasteiger partial charge >= 0.3 is 6.03 Å². The molecule has 2 aromatic carbocycles. The van der Waals surface area contributed by atoms with Gasteiger partial charge in [-0.2, -0.15) is 0 Å². The molecule has 0 aliphatic rings. The molecule has 2 amide bonds. The Morgan fingerprint density at radius 1 is 1.07 bits per heavy atom. The summed E-state index contributed by atoms with van der Waals surface area (Å²) in [7, 11) is 3.08. The van der Waals surface area contributed by atoms with Crippen molar-refractivity contribution in [1.82, 2.24) is 10.2 Å². The number of nitrogens with one attached hydrogen (secondary N) is 2. The van der Waals surface area contributed by atoms with E-state index >= 15 is 0 Å². The Labute approximate surface area is 165 Å². The Balaban J connectivity index is 1.61. The molecule has 27 heavy (non-hydrogen) atoms. The van der Waals surface area contributed by atoms with Crippen LogP contribution >= 0.6 is 22.9 Å². The lowest BCUT2D eigenvalue weighted by atomic mass is 10.2. The number of ether oxygens (including phenoxy) is 2. The molecule has 7 nitrogen and oxygen atoms in total. The highest BCUT2D eigenvalue weighted by molar-refractivity contribution is 7.15. The van der Waals surface area contributed by atoms with Crippen molar-refractivity contribution in [1.29, 1.82) is 0 Å². The number of urea groups is 1. The molecule has 1 aromatic heterocycles. The number of hydrogen-bond donors (Lipinski definition) is 2. The van der Waals surface area contributed by atoms with E-state index in [1.807, 2.05) is 24.3 Å². The number of aromatic nitrogens is 2. The molecule has 0 saturated heterocycles. The van der Waals surface area contributed by atoms with Crippen LogP contribution in [0.25, 0.3) is 0 Å². The van der Waals surface area contributed by atoms with Crippen molar-refractivity contribution in [2.24, 2.45) is 0 Å². The molecule has 3 aromatic rings. The number of anilines is 2. The lowest BCUT2D eigenvalue weighted by Crippen LogP contribution is -2.19. The third kappa shape index (κ3) is 5.08. The molecular formula is C18H17ClN4O3S. The van der Waals surface area contributed by atoms with Gasteiger partial charge in [-0.1, -0.05) is 35.1 Å². The molecule has 0 spiro atoms. The quantitative estimate of drug-likeness (QED) is 0.634. The zero-order chi connectivity index (χ0) is 19.2. The van der Waals surface area contributed by atoms with Gasteiger partial charge in [-0.3, -0.25) is 5.32 Å². The largest absolute Gasteiger partial charge is 0.493 e. The van der Waals surface area contributed by atoms with Crippen LogP contribution < -0.4 is 20.1 Å². The molecule has 0 aliphatic heterocycles. The van der Waals surface area contributed by atoms with Crippen LogP contribution in [0, 0.1) is 0 Å². The molecule has 0 unspecified atom stereocenters. The second-order valence-corrected chi connectivity index (χ2v) is 6.96. The summed E-state index contributed by atoms with van der Waals surface area (Å²) in [6.07, 6.45) is 0.594. The highest BCUT2D eigenvalue weighted by Crippen LogP contribution is 2.29. The van der Waals surface area contributed by atoms with Crippen molar-refractivity contribution < 1.29 is 14.3 Å². The first-order valence-corrected chi connectivity index (χ1v) is 9.13. The van der Waals surface area contributed by atoms with Crippen LogP contribution in [0.2, 0.25) is 5.02 Å². The first-order valence-electron chi connectivity index (χ1n) is 7.94. The van der Waals surface area contributed by atoms with Crippen LogP contribution in [-0.4, -0.2) is 30.4 Å². The first-order chi connectivity index (χ1) is 13.1. The van der Waals surface area contributed by atoms with Crippen LogP contribution in [0.3, 0.4) is 0 Å². The standard InChI is InChI=1S/C18H17ClN4O3S/c1-25-14-7-6-13(10-15(14)26-2)20-17(24)21-18-23-22-16(27-18)9-11-4-3-5-12(19)8-11/h3-8,10H,9H2,1-2H3,(H2,20,21,23,24). The SMILES string of the molecule is COc1ccc(NC(=O)Nc2nnc(Cc3cccc(Cl)c3)s2)cc1OC. The minimum absolute atomic E-state index is 0.407. The molecule has 0 aliphatic carbocycles. The fourth-order valence-electron chi connectivity index (χ4n) is 2.37. The fourth-order valence-corrected chi connectivity index (χ4v) is 3.35. The number of carbonyl (C=O) groups is 1. The number of carbonyl (C=O) groups excluding carboxylic acids is 1. The van der Waals surface area contributed by atoms with Crippen molar-refractivity contribution >= 4 is 39.8 Å². The average molecular weight is 405 g/mol. The molecule has 3 rings (SSSR count). The fraction of sp³-hybridized carbons (Fsp3) is 0.167. The normalized spacial score (nSPS) is 10.3. The lowest BCUT2D eigenvalue weighted by molar-refractivity contribution is 0.262. The minimum Gasteiger partial charge on any atom is -0.493 e. The van der Waals surface area contributed by atoms with E-state index in [9.17, 15) is 4.79 Å². The lowest BCUT2D eigenvalue weighted by Gasteiger charge is -2.10. The van der Waals surface area contributed by atoms with Crippen molar-refractivity contribution in [3.63, 3.8) is 0 Å². The van der Waals surface area contributed by atoms with E-state index in [2.05, 4.69) is 20.8 Å². The van der Waals surface area contributed by atoms with Crippen molar-refractivity contribution in [2.75, 3.05) is 24.9 Å². The monoisotopic (exact) mass is 404 g/mol.